The van der Waals surface area contributed by atoms with Crippen LogP contribution in [0.3, 0.4) is 0 Å². The Labute approximate surface area is 135 Å². The molecule has 1 aromatic heterocycles. The number of hydrogen-bond acceptors (Lipinski definition) is 4. The minimum absolute atomic E-state index is 0.0108. The maximum absolute atomic E-state index is 12.0. The summed E-state index contributed by atoms with van der Waals surface area (Å²) in [5.41, 5.74) is 1.63. The van der Waals surface area contributed by atoms with Gasteiger partial charge < -0.3 is 14.7 Å². The van der Waals surface area contributed by atoms with Crippen LogP contribution in [0, 0.1) is 6.92 Å². The van der Waals surface area contributed by atoms with Crippen molar-refractivity contribution in [2.24, 2.45) is 0 Å². The second-order valence-corrected chi connectivity index (χ2v) is 5.82. The van der Waals surface area contributed by atoms with E-state index in [0.717, 1.165) is 5.56 Å². The van der Waals surface area contributed by atoms with E-state index in [1.807, 2.05) is 43.3 Å². The molecule has 1 heterocycles. The number of carbonyl (C=O) groups is 1. The summed E-state index contributed by atoms with van der Waals surface area (Å²) in [6, 6.07) is 9.43. The number of carbonyl (C=O) groups excluding carboxylic acids is 1. The van der Waals surface area contributed by atoms with Crippen LogP contribution in [0.5, 0.6) is 0 Å². The molecule has 0 saturated carbocycles. The number of halogens is 1. The molecular formula is C16H20ClN3O2. The summed E-state index contributed by atoms with van der Waals surface area (Å²) in [6.45, 7) is 2.28. The number of likely N-dealkylation sites (N-methyl/N-ethyl adjacent to an activating group) is 1. The molecular weight excluding hydrogens is 302 g/mol. The smallest absolute Gasteiger partial charge is 0.226 e. The van der Waals surface area contributed by atoms with Gasteiger partial charge in [-0.2, -0.15) is 0 Å². The Kier molecular flexibility index (Phi) is 5.57. The van der Waals surface area contributed by atoms with Crippen molar-refractivity contribution >= 4 is 17.5 Å². The molecule has 0 bridgehead atoms. The van der Waals surface area contributed by atoms with Gasteiger partial charge >= 0.3 is 0 Å². The zero-order valence-corrected chi connectivity index (χ0v) is 13.7. The molecule has 1 unspecified atom stereocenters. The molecule has 1 atom stereocenters. The van der Waals surface area contributed by atoms with Gasteiger partial charge in [-0.25, -0.2) is 0 Å². The first-order valence-corrected chi connectivity index (χ1v) is 7.45. The highest BCUT2D eigenvalue weighted by molar-refractivity contribution is 6.31. The van der Waals surface area contributed by atoms with Crippen molar-refractivity contribution < 1.29 is 9.32 Å². The number of amides is 1. The lowest BCUT2D eigenvalue weighted by molar-refractivity contribution is -0.120. The molecule has 6 heteroatoms. The van der Waals surface area contributed by atoms with Crippen LogP contribution in [0.2, 0.25) is 5.02 Å². The minimum Gasteiger partial charge on any atom is -0.361 e. The van der Waals surface area contributed by atoms with Crippen LogP contribution in [0.15, 0.2) is 34.9 Å². The first-order valence-electron chi connectivity index (χ1n) is 7.07. The second-order valence-electron chi connectivity index (χ2n) is 5.41. The third-order valence-corrected chi connectivity index (χ3v) is 3.74. The van der Waals surface area contributed by atoms with Gasteiger partial charge in [0, 0.05) is 17.6 Å². The van der Waals surface area contributed by atoms with E-state index in [0.29, 0.717) is 23.0 Å². The Morgan fingerprint density at radius 1 is 1.41 bits per heavy atom. The summed E-state index contributed by atoms with van der Waals surface area (Å²) >= 11 is 6.25. The fourth-order valence-corrected chi connectivity index (χ4v) is 2.52. The van der Waals surface area contributed by atoms with Crippen LogP contribution in [-0.4, -0.2) is 36.6 Å². The second kappa shape index (κ2) is 7.42. The topological polar surface area (TPSA) is 58.4 Å². The van der Waals surface area contributed by atoms with Crippen molar-refractivity contribution in [1.29, 1.82) is 0 Å². The summed E-state index contributed by atoms with van der Waals surface area (Å²) in [6.07, 6.45) is 0.208. The number of hydrogen-bond donors (Lipinski definition) is 1. The van der Waals surface area contributed by atoms with Gasteiger partial charge in [0.25, 0.3) is 0 Å². The van der Waals surface area contributed by atoms with Crippen molar-refractivity contribution in [3.05, 3.63) is 52.4 Å². The lowest BCUT2D eigenvalue weighted by atomic mass is 10.1. The normalized spacial score (nSPS) is 12.4. The average Bonchev–Trinajstić information content (AvgIpc) is 2.85. The van der Waals surface area contributed by atoms with Gasteiger partial charge in [0.1, 0.15) is 5.76 Å². The Bertz CT molecular complexity index is 640. The van der Waals surface area contributed by atoms with Gasteiger partial charge in [-0.05, 0) is 32.6 Å². The molecule has 118 valence electrons. The number of benzene rings is 1. The maximum atomic E-state index is 12.0. The standard InChI is InChI=1S/C16H20ClN3O2/c1-11-8-12(19-22-11)9-16(21)18-10-15(20(2)3)13-6-4-5-7-14(13)17/h4-8,15H,9-10H2,1-3H3,(H,18,21). The van der Waals surface area contributed by atoms with E-state index >= 15 is 0 Å². The van der Waals surface area contributed by atoms with Crippen LogP contribution in [0.4, 0.5) is 0 Å². The third kappa shape index (κ3) is 4.32. The quantitative estimate of drug-likeness (QED) is 0.888. The Morgan fingerprint density at radius 3 is 2.73 bits per heavy atom. The van der Waals surface area contributed by atoms with Crippen LogP contribution < -0.4 is 5.32 Å². The molecule has 0 aliphatic rings. The van der Waals surface area contributed by atoms with Crippen molar-refractivity contribution in [3.8, 4) is 0 Å². The van der Waals surface area contributed by atoms with E-state index in [1.165, 1.54) is 0 Å². The van der Waals surface area contributed by atoms with E-state index in [-0.39, 0.29) is 18.4 Å². The first-order chi connectivity index (χ1) is 10.5. The van der Waals surface area contributed by atoms with Gasteiger partial charge in [0.2, 0.25) is 5.91 Å². The molecule has 5 nitrogen and oxygen atoms in total. The molecule has 0 spiro atoms. The molecule has 22 heavy (non-hydrogen) atoms. The Balaban J connectivity index is 1.97. The van der Waals surface area contributed by atoms with Gasteiger partial charge in [-0.15, -0.1) is 0 Å². The van der Waals surface area contributed by atoms with Gasteiger partial charge in [-0.3, -0.25) is 4.79 Å². The molecule has 2 aromatic rings. The molecule has 0 aliphatic carbocycles. The maximum Gasteiger partial charge on any atom is 0.226 e. The highest BCUT2D eigenvalue weighted by Crippen LogP contribution is 2.25. The van der Waals surface area contributed by atoms with Crippen molar-refractivity contribution in [1.82, 2.24) is 15.4 Å². The van der Waals surface area contributed by atoms with Gasteiger partial charge in [0.05, 0.1) is 18.2 Å². The molecule has 0 saturated heterocycles. The molecule has 0 fully saturated rings. The Morgan fingerprint density at radius 2 is 2.14 bits per heavy atom. The zero-order valence-electron chi connectivity index (χ0n) is 13.0. The summed E-state index contributed by atoms with van der Waals surface area (Å²) < 4.78 is 4.96. The molecule has 2 rings (SSSR count). The van der Waals surface area contributed by atoms with Crippen molar-refractivity contribution in [2.45, 2.75) is 19.4 Å². The summed E-state index contributed by atoms with van der Waals surface area (Å²) in [7, 11) is 3.92. The summed E-state index contributed by atoms with van der Waals surface area (Å²) in [4.78, 5) is 14.1. The van der Waals surface area contributed by atoms with E-state index in [2.05, 4.69) is 10.5 Å². The lowest BCUT2D eigenvalue weighted by Gasteiger charge is -2.25. The number of nitrogens with one attached hydrogen (secondary N) is 1. The zero-order chi connectivity index (χ0) is 16.1. The predicted molar refractivity (Wildman–Crippen MR) is 85.8 cm³/mol. The van der Waals surface area contributed by atoms with Crippen LogP contribution >= 0.6 is 11.6 Å². The van der Waals surface area contributed by atoms with E-state index in [1.54, 1.807) is 13.0 Å². The number of nitrogens with zero attached hydrogens (tertiary/aromatic N) is 2. The van der Waals surface area contributed by atoms with Gasteiger partial charge in [0.15, 0.2) is 0 Å². The molecule has 1 aromatic carbocycles. The highest BCUT2D eigenvalue weighted by atomic mass is 35.5. The third-order valence-electron chi connectivity index (χ3n) is 3.40. The summed E-state index contributed by atoms with van der Waals surface area (Å²) in [5.74, 6) is 0.609. The lowest BCUT2D eigenvalue weighted by Crippen LogP contribution is -2.35. The first kappa shape index (κ1) is 16.5. The predicted octanol–water partition coefficient (Wildman–Crippen LogP) is 2.60. The Hall–Kier alpha value is -1.85. The minimum atomic E-state index is -0.0906. The SMILES string of the molecule is Cc1cc(CC(=O)NCC(c2ccccc2Cl)N(C)C)no1. The monoisotopic (exact) mass is 321 g/mol. The largest absolute Gasteiger partial charge is 0.361 e. The van der Waals surface area contributed by atoms with Crippen LogP contribution in [-0.2, 0) is 11.2 Å². The fraction of sp³-hybridized carbons (Fsp3) is 0.375. The molecule has 1 N–H and O–H groups in total. The number of aromatic nitrogens is 1. The molecule has 0 aliphatic heterocycles. The van der Waals surface area contributed by atoms with Crippen molar-refractivity contribution in [3.63, 3.8) is 0 Å². The molecule has 0 radical (unpaired) electrons. The van der Waals surface area contributed by atoms with Crippen molar-refractivity contribution in [2.75, 3.05) is 20.6 Å². The van der Waals surface area contributed by atoms with E-state index < -0.39 is 0 Å². The van der Waals surface area contributed by atoms with Gasteiger partial charge in [-0.1, -0.05) is 35.0 Å². The van der Waals surface area contributed by atoms with Crippen LogP contribution in [0.1, 0.15) is 23.1 Å². The summed E-state index contributed by atoms with van der Waals surface area (Å²) in [5, 5.41) is 7.45. The average molecular weight is 322 g/mol. The number of aryl methyl sites for hydroxylation is 1. The molecule has 1 amide bonds. The highest BCUT2D eigenvalue weighted by Gasteiger charge is 2.18. The fourth-order valence-electron chi connectivity index (χ4n) is 2.25. The number of rotatable bonds is 6. The van der Waals surface area contributed by atoms with E-state index in [4.69, 9.17) is 16.1 Å². The van der Waals surface area contributed by atoms with Crippen LogP contribution in [0.25, 0.3) is 0 Å². The van der Waals surface area contributed by atoms with E-state index in [9.17, 15) is 4.79 Å².